The van der Waals surface area contributed by atoms with Gasteiger partial charge >= 0.3 is 5.97 Å². The summed E-state index contributed by atoms with van der Waals surface area (Å²) < 4.78 is 5.16. The fourth-order valence-corrected chi connectivity index (χ4v) is 3.45. The van der Waals surface area contributed by atoms with Gasteiger partial charge in [0, 0.05) is 45.7 Å². The first-order valence-corrected chi connectivity index (χ1v) is 12.1. The summed E-state index contributed by atoms with van der Waals surface area (Å²) >= 11 is 0. The zero-order valence-corrected chi connectivity index (χ0v) is 21.9. The first-order chi connectivity index (χ1) is 19.2. The molecule has 0 aliphatic rings. The summed E-state index contributed by atoms with van der Waals surface area (Å²) in [5.41, 5.74) is 10.6. The number of nitrogens with one attached hydrogen (secondary N) is 1. The number of hydrogen-bond acceptors (Lipinski definition) is 9. The van der Waals surface area contributed by atoms with Crippen LogP contribution in [-0.2, 0) is 9.53 Å². The van der Waals surface area contributed by atoms with E-state index in [1.165, 1.54) is 24.3 Å². The number of esters is 1. The lowest BCUT2D eigenvalue weighted by Gasteiger charge is -2.22. The van der Waals surface area contributed by atoms with E-state index in [0.717, 1.165) is 11.8 Å². The van der Waals surface area contributed by atoms with Crippen LogP contribution in [0, 0.1) is 10.1 Å². The van der Waals surface area contributed by atoms with Crippen molar-refractivity contribution in [1.82, 2.24) is 0 Å². The standard InChI is InChI=1S/C27H26N8O5/c1-4-34(15-16-40-27(37)18(2)3)23-12-10-21(11-13-23)30-32-24-14-5-19(17-25(24)35(38)39)26(36)29-20-6-8-22(9-7-20)31-33-28/h5-14,17H,2,4,15-16H2,1,3H3,(H,29,36)/b32-30+. The molecule has 0 saturated heterocycles. The number of benzene rings is 3. The number of nitro groups is 1. The van der Waals surface area contributed by atoms with Gasteiger partial charge in [0.15, 0.2) is 5.69 Å². The van der Waals surface area contributed by atoms with Crippen molar-refractivity contribution in [3.8, 4) is 0 Å². The predicted octanol–water partition coefficient (Wildman–Crippen LogP) is 7.15. The van der Waals surface area contributed by atoms with E-state index in [0.29, 0.717) is 35.7 Å². The lowest BCUT2D eigenvalue weighted by atomic mass is 10.1. The van der Waals surface area contributed by atoms with Crippen molar-refractivity contribution < 1.29 is 19.2 Å². The van der Waals surface area contributed by atoms with E-state index in [2.05, 4.69) is 32.2 Å². The van der Waals surface area contributed by atoms with Crippen LogP contribution in [0.25, 0.3) is 10.4 Å². The van der Waals surface area contributed by atoms with Crippen molar-refractivity contribution in [1.29, 1.82) is 0 Å². The number of nitrogens with zero attached hydrogens (tertiary/aromatic N) is 7. The Bertz CT molecular complexity index is 1480. The lowest BCUT2D eigenvalue weighted by molar-refractivity contribution is -0.384. The summed E-state index contributed by atoms with van der Waals surface area (Å²) in [6.07, 6.45) is 0. The van der Waals surface area contributed by atoms with Crippen LogP contribution < -0.4 is 10.2 Å². The Morgan fingerprint density at radius 2 is 1.75 bits per heavy atom. The van der Waals surface area contributed by atoms with Gasteiger partial charge in [-0.3, -0.25) is 14.9 Å². The second-order valence-electron chi connectivity index (χ2n) is 8.36. The van der Waals surface area contributed by atoms with Gasteiger partial charge in [-0.2, -0.15) is 5.11 Å². The van der Waals surface area contributed by atoms with Crippen LogP contribution in [0.4, 0.5) is 34.1 Å². The maximum atomic E-state index is 12.6. The molecule has 0 heterocycles. The Morgan fingerprint density at radius 3 is 2.35 bits per heavy atom. The molecule has 0 atom stereocenters. The van der Waals surface area contributed by atoms with Crippen LogP contribution in [0.15, 0.2) is 94.2 Å². The highest BCUT2D eigenvalue weighted by molar-refractivity contribution is 6.05. The topological polar surface area (TPSA) is 175 Å². The number of carbonyl (C=O) groups is 2. The molecule has 0 aromatic heterocycles. The Kier molecular flexibility index (Phi) is 10.0. The van der Waals surface area contributed by atoms with Crippen molar-refractivity contribution in [3.05, 3.63) is 105 Å². The van der Waals surface area contributed by atoms with Crippen LogP contribution in [0.3, 0.4) is 0 Å². The molecule has 0 fully saturated rings. The van der Waals surface area contributed by atoms with Crippen LogP contribution in [-0.4, -0.2) is 36.5 Å². The molecule has 1 N–H and O–H groups in total. The number of rotatable bonds is 12. The molecule has 0 spiro atoms. The van der Waals surface area contributed by atoms with Crippen molar-refractivity contribution in [2.45, 2.75) is 13.8 Å². The maximum Gasteiger partial charge on any atom is 0.333 e. The Hall–Kier alpha value is -5.55. The summed E-state index contributed by atoms with van der Waals surface area (Å²) in [5, 5.41) is 25.9. The minimum absolute atomic E-state index is 0.0149. The van der Waals surface area contributed by atoms with Gasteiger partial charge in [-0.1, -0.05) is 23.8 Å². The molecule has 0 aliphatic carbocycles. The summed E-state index contributed by atoms with van der Waals surface area (Å²) in [6, 6.07) is 17.1. The summed E-state index contributed by atoms with van der Waals surface area (Å²) in [4.78, 5) is 39.9. The monoisotopic (exact) mass is 542 g/mol. The van der Waals surface area contributed by atoms with E-state index in [1.54, 1.807) is 31.2 Å². The average Bonchev–Trinajstić information content (AvgIpc) is 2.95. The van der Waals surface area contributed by atoms with Gasteiger partial charge in [-0.25, -0.2) is 4.79 Å². The number of azo groups is 1. The summed E-state index contributed by atoms with van der Waals surface area (Å²) in [7, 11) is 0. The lowest BCUT2D eigenvalue weighted by Crippen LogP contribution is -2.28. The highest BCUT2D eigenvalue weighted by atomic mass is 16.6. The molecule has 3 aromatic carbocycles. The van der Waals surface area contributed by atoms with E-state index in [-0.39, 0.29) is 23.5 Å². The maximum absolute atomic E-state index is 12.6. The fourth-order valence-electron chi connectivity index (χ4n) is 3.45. The largest absolute Gasteiger partial charge is 0.460 e. The number of likely N-dealkylation sites (N-methyl/N-ethyl adjacent to an activating group) is 1. The minimum Gasteiger partial charge on any atom is -0.460 e. The molecule has 40 heavy (non-hydrogen) atoms. The van der Waals surface area contributed by atoms with Crippen molar-refractivity contribution in [2.24, 2.45) is 15.3 Å². The van der Waals surface area contributed by atoms with E-state index in [9.17, 15) is 19.7 Å². The van der Waals surface area contributed by atoms with Crippen LogP contribution in [0.5, 0.6) is 0 Å². The van der Waals surface area contributed by atoms with E-state index in [4.69, 9.17) is 10.3 Å². The van der Waals surface area contributed by atoms with E-state index >= 15 is 0 Å². The highest BCUT2D eigenvalue weighted by Crippen LogP contribution is 2.31. The van der Waals surface area contributed by atoms with Crippen LogP contribution in [0.2, 0.25) is 0 Å². The van der Waals surface area contributed by atoms with Gasteiger partial charge in [-0.05, 0) is 67.9 Å². The number of nitro benzene ring substituents is 1. The average molecular weight is 543 g/mol. The molecule has 3 aromatic rings. The Balaban J connectivity index is 1.69. The quantitative estimate of drug-likeness (QED) is 0.0483. The molecule has 13 heteroatoms. The second-order valence-corrected chi connectivity index (χ2v) is 8.36. The molecule has 0 radical (unpaired) electrons. The molecule has 0 saturated carbocycles. The third-order valence-corrected chi connectivity index (χ3v) is 5.53. The second kappa shape index (κ2) is 13.8. The number of azide groups is 1. The first-order valence-electron chi connectivity index (χ1n) is 12.1. The number of hydrogen-bond donors (Lipinski definition) is 1. The molecule has 204 valence electrons. The predicted molar refractivity (Wildman–Crippen MR) is 151 cm³/mol. The van der Waals surface area contributed by atoms with E-state index in [1.807, 2.05) is 24.0 Å². The van der Waals surface area contributed by atoms with Gasteiger partial charge in [0.25, 0.3) is 11.6 Å². The van der Waals surface area contributed by atoms with Gasteiger partial charge in [0.2, 0.25) is 0 Å². The van der Waals surface area contributed by atoms with Crippen molar-refractivity contribution >= 4 is 46.0 Å². The summed E-state index contributed by atoms with van der Waals surface area (Å²) in [6.45, 7) is 8.49. The number of amides is 1. The van der Waals surface area contributed by atoms with Gasteiger partial charge in [0.05, 0.1) is 17.2 Å². The smallest absolute Gasteiger partial charge is 0.333 e. The minimum atomic E-state index is -0.636. The molecule has 13 nitrogen and oxygen atoms in total. The molecular formula is C27H26N8O5. The van der Waals surface area contributed by atoms with Crippen molar-refractivity contribution in [3.63, 3.8) is 0 Å². The number of ether oxygens (including phenoxy) is 1. The molecule has 1 amide bonds. The Morgan fingerprint density at radius 1 is 1.07 bits per heavy atom. The summed E-state index contributed by atoms with van der Waals surface area (Å²) in [5.74, 6) is -0.999. The molecule has 0 bridgehead atoms. The zero-order valence-electron chi connectivity index (χ0n) is 21.9. The van der Waals surface area contributed by atoms with Gasteiger partial charge in [-0.15, -0.1) is 5.11 Å². The van der Waals surface area contributed by atoms with Gasteiger partial charge < -0.3 is 15.0 Å². The third-order valence-electron chi connectivity index (χ3n) is 5.53. The molecule has 0 unspecified atom stereocenters. The van der Waals surface area contributed by atoms with Crippen LogP contribution >= 0.6 is 0 Å². The number of carbonyl (C=O) groups excluding carboxylic acids is 2. The SMILES string of the molecule is C=C(C)C(=O)OCCN(CC)c1ccc(/N=N/c2ccc(C(=O)Nc3ccc(N=[N+]=[N-])cc3)cc2[N+](=O)[O-])cc1. The first kappa shape index (κ1) is 29.0. The molecular weight excluding hydrogens is 516 g/mol. The van der Waals surface area contributed by atoms with Gasteiger partial charge in [0.1, 0.15) is 6.61 Å². The van der Waals surface area contributed by atoms with Crippen LogP contribution in [0.1, 0.15) is 24.2 Å². The molecule has 3 rings (SSSR count). The van der Waals surface area contributed by atoms with E-state index < -0.39 is 16.8 Å². The third kappa shape index (κ3) is 7.97. The zero-order chi connectivity index (χ0) is 29.1. The van der Waals surface area contributed by atoms with Crippen molar-refractivity contribution in [2.75, 3.05) is 29.9 Å². The highest BCUT2D eigenvalue weighted by Gasteiger charge is 2.18. The normalized spacial score (nSPS) is 10.4. The molecule has 0 aliphatic heterocycles. The Labute approximate surface area is 229 Å². The number of anilines is 2. The fraction of sp³-hybridized carbons (Fsp3) is 0.185.